The maximum Gasteiger partial charge on any atom is 0.204 e. The van der Waals surface area contributed by atoms with E-state index < -0.39 is 6.10 Å². The van der Waals surface area contributed by atoms with Gasteiger partial charge in [-0.15, -0.1) is 0 Å². The first-order valence-electron chi connectivity index (χ1n) is 10.5. The van der Waals surface area contributed by atoms with E-state index >= 15 is 0 Å². The van der Waals surface area contributed by atoms with E-state index in [2.05, 4.69) is 20.2 Å². The van der Waals surface area contributed by atoms with Gasteiger partial charge in [-0.3, -0.25) is 9.88 Å². The predicted molar refractivity (Wildman–Crippen MR) is 117 cm³/mol. The number of benzene rings is 1. The van der Waals surface area contributed by atoms with Gasteiger partial charge in [0.05, 0.1) is 43.5 Å². The first-order valence-corrected chi connectivity index (χ1v) is 10.5. The Morgan fingerprint density at radius 3 is 2.74 bits per heavy atom. The van der Waals surface area contributed by atoms with Crippen molar-refractivity contribution in [2.24, 2.45) is 0 Å². The standard InChI is InChI=1S/C22H29N5O4/c1-15-2-5-21(30)19(24-15)13-27-20-10-16(14-28)3-4-18(20)25-22(27)23-11-17(29)12-26-6-8-31-9-7-26/h2-5,10,17,28-30H,6-9,11-14H2,1H3,(H,23,25). The number of nitrogens with one attached hydrogen (secondary N) is 1. The quantitative estimate of drug-likeness (QED) is 0.422. The predicted octanol–water partition coefficient (Wildman–Crippen LogP) is 1.09. The zero-order valence-corrected chi connectivity index (χ0v) is 17.7. The molecule has 1 aromatic carbocycles. The minimum atomic E-state index is -0.565. The number of aryl methyl sites for hydroxylation is 1. The Hall–Kier alpha value is -2.72. The lowest BCUT2D eigenvalue weighted by molar-refractivity contribution is 0.0171. The fourth-order valence-corrected chi connectivity index (χ4v) is 3.79. The molecular weight excluding hydrogens is 398 g/mol. The molecule has 4 rings (SSSR count). The van der Waals surface area contributed by atoms with Gasteiger partial charge in [0.2, 0.25) is 5.95 Å². The van der Waals surface area contributed by atoms with E-state index in [0.29, 0.717) is 44.5 Å². The molecule has 1 aliphatic heterocycles. The number of hydrogen-bond donors (Lipinski definition) is 4. The van der Waals surface area contributed by atoms with Crippen LogP contribution in [0.5, 0.6) is 5.75 Å². The second-order valence-corrected chi connectivity index (χ2v) is 7.87. The minimum absolute atomic E-state index is 0.0733. The molecule has 0 saturated carbocycles. The Morgan fingerprint density at radius 2 is 1.97 bits per heavy atom. The van der Waals surface area contributed by atoms with Crippen LogP contribution in [-0.4, -0.2) is 80.3 Å². The molecule has 3 aromatic rings. The van der Waals surface area contributed by atoms with Crippen LogP contribution in [0.2, 0.25) is 0 Å². The molecule has 0 aliphatic carbocycles. The van der Waals surface area contributed by atoms with Gasteiger partial charge >= 0.3 is 0 Å². The van der Waals surface area contributed by atoms with E-state index in [1.54, 1.807) is 12.1 Å². The third kappa shape index (κ3) is 5.13. The zero-order valence-electron chi connectivity index (χ0n) is 17.7. The SMILES string of the molecule is Cc1ccc(O)c(Cn2c(NCC(O)CN3CCOCC3)nc3ccc(CO)cc32)n1. The molecule has 1 fully saturated rings. The second kappa shape index (κ2) is 9.61. The summed E-state index contributed by atoms with van der Waals surface area (Å²) in [6.45, 7) is 6.02. The van der Waals surface area contributed by atoms with Crippen molar-refractivity contribution in [1.29, 1.82) is 0 Å². The van der Waals surface area contributed by atoms with Crippen LogP contribution in [0.1, 0.15) is 17.0 Å². The molecule has 9 nitrogen and oxygen atoms in total. The van der Waals surface area contributed by atoms with Gasteiger partial charge in [0.15, 0.2) is 0 Å². The smallest absolute Gasteiger partial charge is 0.204 e. The van der Waals surface area contributed by atoms with E-state index in [1.165, 1.54) is 0 Å². The number of imidazole rings is 1. The fourth-order valence-electron chi connectivity index (χ4n) is 3.79. The van der Waals surface area contributed by atoms with Crippen LogP contribution in [0.15, 0.2) is 30.3 Å². The summed E-state index contributed by atoms with van der Waals surface area (Å²) in [5, 5.41) is 33.6. The lowest BCUT2D eigenvalue weighted by atomic mass is 10.2. The highest BCUT2D eigenvalue weighted by atomic mass is 16.5. The molecule has 4 N–H and O–H groups in total. The third-order valence-electron chi connectivity index (χ3n) is 5.46. The number of hydrogen-bond acceptors (Lipinski definition) is 8. The maximum atomic E-state index is 10.5. The van der Waals surface area contributed by atoms with Crippen LogP contribution in [0.4, 0.5) is 5.95 Å². The molecule has 1 atom stereocenters. The van der Waals surface area contributed by atoms with Gasteiger partial charge in [0.1, 0.15) is 11.4 Å². The van der Waals surface area contributed by atoms with Crippen molar-refractivity contribution >= 4 is 17.0 Å². The Bertz CT molecular complexity index is 1030. The van der Waals surface area contributed by atoms with Gasteiger partial charge < -0.3 is 29.9 Å². The number of ether oxygens (including phenoxy) is 1. The summed E-state index contributed by atoms with van der Waals surface area (Å²) < 4.78 is 7.27. The van der Waals surface area contributed by atoms with Gasteiger partial charge in [0, 0.05) is 31.9 Å². The molecule has 0 spiro atoms. The van der Waals surface area contributed by atoms with Crippen molar-refractivity contribution in [1.82, 2.24) is 19.4 Å². The zero-order chi connectivity index (χ0) is 21.8. The number of rotatable bonds is 8. The molecule has 31 heavy (non-hydrogen) atoms. The van der Waals surface area contributed by atoms with Crippen LogP contribution < -0.4 is 5.32 Å². The van der Waals surface area contributed by atoms with Crippen molar-refractivity contribution in [3.05, 3.63) is 47.3 Å². The highest BCUT2D eigenvalue weighted by molar-refractivity contribution is 5.79. The van der Waals surface area contributed by atoms with Gasteiger partial charge in [0.25, 0.3) is 0 Å². The van der Waals surface area contributed by atoms with Crippen molar-refractivity contribution in [2.75, 3.05) is 44.7 Å². The van der Waals surface area contributed by atoms with E-state index in [0.717, 1.165) is 35.4 Å². The Morgan fingerprint density at radius 1 is 1.16 bits per heavy atom. The molecule has 1 saturated heterocycles. The molecule has 2 aromatic heterocycles. The van der Waals surface area contributed by atoms with Crippen LogP contribution in [0.3, 0.4) is 0 Å². The molecule has 166 valence electrons. The van der Waals surface area contributed by atoms with Gasteiger partial charge in [-0.2, -0.15) is 0 Å². The number of aromatic nitrogens is 3. The number of nitrogens with zero attached hydrogens (tertiary/aromatic N) is 4. The lowest BCUT2D eigenvalue weighted by Gasteiger charge is -2.28. The van der Waals surface area contributed by atoms with E-state index in [1.807, 2.05) is 29.7 Å². The Labute approximate surface area is 180 Å². The number of aromatic hydroxyl groups is 1. The number of aliphatic hydroxyl groups excluding tert-OH is 2. The summed E-state index contributed by atoms with van der Waals surface area (Å²) in [6, 6.07) is 8.96. The molecule has 0 bridgehead atoms. The minimum Gasteiger partial charge on any atom is -0.506 e. The van der Waals surface area contributed by atoms with E-state index in [9.17, 15) is 15.3 Å². The number of aliphatic hydroxyl groups is 2. The average Bonchev–Trinajstić information content (AvgIpc) is 3.12. The summed E-state index contributed by atoms with van der Waals surface area (Å²) in [5.41, 5.74) is 3.69. The van der Waals surface area contributed by atoms with Crippen LogP contribution in [0, 0.1) is 6.92 Å². The molecule has 1 aliphatic rings. The number of β-amino-alcohol motifs (C(OH)–C–C–N with tert-alkyl or cyclic N) is 1. The van der Waals surface area contributed by atoms with Crippen LogP contribution >= 0.6 is 0 Å². The Balaban J connectivity index is 1.57. The molecule has 9 heteroatoms. The topological polar surface area (TPSA) is 116 Å². The van der Waals surface area contributed by atoms with Crippen molar-refractivity contribution in [2.45, 2.75) is 26.2 Å². The van der Waals surface area contributed by atoms with Gasteiger partial charge in [-0.25, -0.2) is 4.98 Å². The molecule has 3 heterocycles. The van der Waals surface area contributed by atoms with E-state index in [-0.39, 0.29) is 12.4 Å². The first kappa shape index (κ1) is 21.5. The normalized spacial score (nSPS) is 16.0. The molecule has 0 radical (unpaired) electrons. The summed E-state index contributed by atoms with van der Waals surface area (Å²) in [7, 11) is 0. The summed E-state index contributed by atoms with van der Waals surface area (Å²) in [6.07, 6.45) is -0.565. The summed E-state index contributed by atoms with van der Waals surface area (Å²) in [5.74, 6) is 0.692. The molecule has 1 unspecified atom stereocenters. The van der Waals surface area contributed by atoms with Gasteiger partial charge in [-0.1, -0.05) is 6.07 Å². The summed E-state index contributed by atoms with van der Waals surface area (Å²) >= 11 is 0. The van der Waals surface area contributed by atoms with Crippen molar-refractivity contribution in [3.63, 3.8) is 0 Å². The van der Waals surface area contributed by atoms with Crippen LogP contribution in [0.25, 0.3) is 11.0 Å². The number of fused-ring (bicyclic) bond motifs is 1. The fraction of sp³-hybridized carbons (Fsp3) is 0.455. The number of morpholine rings is 1. The highest BCUT2D eigenvalue weighted by Crippen LogP contribution is 2.25. The number of anilines is 1. The molecular formula is C22H29N5O4. The Kier molecular flexibility index (Phi) is 6.67. The average molecular weight is 428 g/mol. The van der Waals surface area contributed by atoms with Crippen molar-refractivity contribution in [3.8, 4) is 5.75 Å². The van der Waals surface area contributed by atoms with E-state index in [4.69, 9.17) is 4.74 Å². The third-order valence-corrected chi connectivity index (χ3v) is 5.46. The second-order valence-electron chi connectivity index (χ2n) is 7.87. The van der Waals surface area contributed by atoms with Gasteiger partial charge in [-0.05, 0) is 36.8 Å². The summed E-state index contributed by atoms with van der Waals surface area (Å²) in [4.78, 5) is 11.3. The molecule has 0 amide bonds. The van der Waals surface area contributed by atoms with Crippen LogP contribution in [-0.2, 0) is 17.9 Å². The largest absolute Gasteiger partial charge is 0.506 e. The van der Waals surface area contributed by atoms with Crippen molar-refractivity contribution < 1.29 is 20.1 Å². The first-order chi connectivity index (χ1) is 15.0. The highest BCUT2D eigenvalue weighted by Gasteiger charge is 2.18. The maximum absolute atomic E-state index is 10.5. The monoisotopic (exact) mass is 427 g/mol. The number of pyridine rings is 1. The lowest BCUT2D eigenvalue weighted by Crippen LogP contribution is -2.42.